The van der Waals surface area contributed by atoms with Crippen LogP contribution in [0.15, 0.2) is 54.6 Å². The number of amides is 1. The van der Waals surface area contributed by atoms with Crippen molar-refractivity contribution in [2.75, 3.05) is 6.61 Å². The maximum Gasteiger partial charge on any atom is 0.258 e. The highest BCUT2D eigenvalue weighted by molar-refractivity contribution is 6.30. The summed E-state index contributed by atoms with van der Waals surface area (Å²) in [6, 6.07) is 16.6. The molecule has 0 fully saturated rings. The monoisotopic (exact) mass is 289 g/mol. The summed E-state index contributed by atoms with van der Waals surface area (Å²) in [7, 11) is 0. The van der Waals surface area contributed by atoms with Crippen LogP contribution in [0.4, 0.5) is 0 Å². The molecule has 1 amide bonds. The molecule has 0 radical (unpaired) electrons. The Hall–Kier alpha value is -2.00. The highest BCUT2D eigenvalue weighted by Crippen LogP contribution is 2.17. The number of rotatable bonds is 5. The molecule has 20 heavy (non-hydrogen) atoms. The Labute approximate surface area is 123 Å². The molecule has 3 nitrogen and oxygen atoms in total. The Bertz CT molecular complexity index is 572. The third-order valence-corrected chi connectivity index (χ3v) is 3.07. The lowest BCUT2D eigenvalue weighted by Gasteiger charge is -2.15. The van der Waals surface area contributed by atoms with Crippen LogP contribution in [-0.4, -0.2) is 12.5 Å². The number of para-hydroxylation sites is 1. The molecule has 0 saturated heterocycles. The normalized spacial score (nSPS) is 11.7. The zero-order valence-corrected chi connectivity index (χ0v) is 11.9. The molecule has 0 unspecified atom stereocenters. The van der Waals surface area contributed by atoms with Gasteiger partial charge in [-0.05, 0) is 36.8 Å². The van der Waals surface area contributed by atoms with E-state index in [1.807, 2.05) is 55.5 Å². The van der Waals surface area contributed by atoms with Gasteiger partial charge in [0.1, 0.15) is 5.75 Å². The van der Waals surface area contributed by atoms with Crippen molar-refractivity contribution >= 4 is 17.5 Å². The average Bonchev–Trinajstić information content (AvgIpc) is 2.46. The van der Waals surface area contributed by atoms with Crippen molar-refractivity contribution in [3.8, 4) is 5.75 Å². The number of benzene rings is 2. The lowest BCUT2D eigenvalue weighted by atomic mass is 10.1. The van der Waals surface area contributed by atoms with E-state index < -0.39 is 0 Å². The fourth-order valence-corrected chi connectivity index (χ4v) is 2.01. The van der Waals surface area contributed by atoms with Gasteiger partial charge in [-0.1, -0.05) is 41.9 Å². The Morgan fingerprint density at radius 1 is 1.20 bits per heavy atom. The van der Waals surface area contributed by atoms with E-state index in [0.29, 0.717) is 10.8 Å². The molecule has 0 aliphatic carbocycles. The van der Waals surface area contributed by atoms with E-state index in [1.54, 1.807) is 6.07 Å². The van der Waals surface area contributed by atoms with Crippen molar-refractivity contribution in [1.82, 2.24) is 5.32 Å². The van der Waals surface area contributed by atoms with Crippen molar-refractivity contribution in [2.24, 2.45) is 0 Å². The third-order valence-electron chi connectivity index (χ3n) is 2.84. The molecule has 0 aliphatic heterocycles. The number of hydrogen-bond acceptors (Lipinski definition) is 2. The smallest absolute Gasteiger partial charge is 0.258 e. The number of halogens is 1. The van der Waals surface area contributed by atoms with Gasteiger partial charge in [-0.15, -0.1) is 0 Å². The summed E-state index contributed by atoms with van der Waals surface area (Å²) in [5, 5.41) is 3.53. The van der Waals surface area contributed by atoms with Crippen molar-refractivity contribution in [1.29, 1.82) is 0 Å². The zero-order chi connectivity index (χ0) is 14.4. The summed E-state index contributed by atoms with van der Waals surface area (Å²) in [5.74, 6) is 0.513. The predicted molar refractivity (Wildman–Crippen MR) is 79.9 cm³/mol. The Kier molecular flexibility index (Phi) is 5.02. The van der Waals surface area contributed by atoms with Crippen LogP contribution in [-0.2, 0) is 4.79 Å². The topological polar surface area (TPSA) is 38.3 Å². The highest BCUT2D eigenvalue weighted by Gasteiger charge is 2.10. The minimum Gasteiger partial charge on any atom is -0.484 e. The molecular weight excluding hydrogens is 274 g/mol. The van der Waals surface area contributed by atoms with Crippen molar-refractivity contribution in [3.05, 3.63) is 65.2 Å². The second-order valence-corrected chi connectivity index (χ2v) is 4.88. The quantitative estimate of drug-likeness (QED) is 0.913. The fourth-order valence-electron chi connectivity index (χ4n) is 1.81. The van der Waals surface area contributed by atoms with Crippen LogP contribution in [0.3, 0.4) is 0 Å². The van der Waals surface area contributed by atoms with Crippen LogP contribution in [0.5, 0.6) is 5.75 Å². The maximum atomic E-state index is 11.8. The number of hydrogen-bond donors (Lipinski definition) is 1. The van der Waals surface area contributed by atoms with Crippen LogP contribution in [0.25, 0.3) is 0 Å². The molecule has 0 heterocycles. The molecule has 0 aliphatic rings. The summed E-state index contributed by atoms with van der Waals surface area (Å²) < 4.78 is 5.39. The summed E-state index contributed by atoms with van der Waals surface area (Å²) >= 11 is 5.93. The number of carbonyl (C=O) groups excluding carboxylic acids is 1. The van der Waals surface area contributed by atoms with E-state index in [2.05, 4.69) is 5.32 Å². The SMILES string of the molecule is C[C@H](NC(=O)COc1ccccc1)c1cccc(Cl)c1. The first kappa shape index (κ1) is 14.4. The van der Waals surface area contributed by atoms with Gasteiger partial charge < -0.3 is 10.1 Å². The molecule has 0 saturated carbocycles. The molecule has 1 N–H and O–H groups in total. The Morgan fingerprint density at radius 3 is 2.65 bits per heavy atom. The molecule has 0 aromatic heterocycles. The minimum atomic E-state index is -0.165. The number of ether oxygens (including phenoxy) is 1. The molecule has 0 spiro atoms. The first-order valence-corrected chi connectivity index (χ1v) is 6.75. The van der Waals surface area contributed by atoms with Gasteiger partial charge in [0.25, 0.3) is 5.91 Å². The Balaban J connectivity index is 1.85. The van der Waals surface area contributed by atoms with Crippen LogP contribution in [0.2, 0.25) is 5.02 Å². The highest BCUT2D eigenvalue weighted by atomic mass is 35.5. The molecule has 0 bridgehead atoms. The standard InChI is InChI=1S/C16H16ClNO2/c1-12(13-6-5-7-14(17)10-13)18-16(19)11-20-15-8-3-2-4-9-15/h2-10,12H,11H2,1H3,(H,18,19)/t12-/m0/s1. The lowest BCUT2D eigenvalue weighted by Crippen LogP contribution is -2.31. The second kappa shape index (κ2) is 6.96. The van der Waals surface area contributed by atoms with Crippen molar-refractivity contribution in [3.63, 3.8) is 0 Å². The second-order valence-electron chi connectivity index (χ2n) is 4.45. The van der Waals surface area contributed by atoms with Gasteiger partial charge in [-0.25, -0.2) is 0 Å². The lowest BCUT2D eigenvalue weighted by molar-refractivity contribution is -0.123. The first-order chi connectivity index (χ1) is 9.65. The molecule has 2 aromatic carbocycles. The van der Waals surface area contributed by atoms with Gasteiger partial charge in [-0.2, -0.15) is 0 Å². The summed E-state index contributed by atoms with van der Waals surface area (Å²) in [6.45, 7) is 1.90. The molecule has 2 aromatic rings. The zero-order valence-electron chi connectivity index (χ0n) is 11.2. The molecular formula is C16H16ClNO2. The molecule has 2 rings (SSSR count). The van der Waals surface area contributed by atoms with E-state index in [1.165, 1.54) is 0 Å². The first-order valence-electron chi connectivity index (χ1n) is 6.38. The van der Waals surface area contributed by atoms with Crippen LogP contribution >= 0.6 is 11.6 Å². The third kappa shape index (κ3) is 4.28. The van der Waals surface area contributed by atoms with Gasteiger partial charge in [-0.3, -0.25) is 4.79 Å². The van der Waals surface area contributed by atoms with Gasteiger partial charge in [0.15, 0.2) is 6.61 Å². The predicted octanol–water partition coefficient (Wildman–Crippen LogP) is 3.60. The maximum absolute atomic E-state index is 11.8. The summed E-state index contributed by atoms with van der Waals surface area (Å²) in [5.41, 5.74) is 0.963. The molecule has 104 valence electrons. The van der Waals surface area contributed by atoms with Gasteiger partial charge in [0.05, 0.1) is 6.04 Å². The van der Waals surface area contributed by atoms with E-state index >= 15 is 0 Å². The molecule has 1 atom stereocenters. The van der Waals surface area contributed by atoms with Crippen LogP contribution < -0.4 is 10.1 Å². The van der Waals surface area contributed by atoms with Crippen LogP contribution in [0.1, 0.15) is 18.5 Å². The Morgan fingerprint density at radius 2 is 1.95 bits per heavy atom. The summed E-state index contributed by atoms with van der Waals surface area (Å²) in [4.78, 5) is 11.8. The fraction of sp³-hybridized carbons (Fsp3) is 0.188. The number of carbonyl (C=O) groups is 1. The van der Waals surface area contributed by atoms with Crippen LogP contribution in [0, 0.1) is 0 Å². The minimum absolute atomic E-state index is 0.00504. The van der Waals surface area contributed by atoms with E-state index in [0.717, 1.165) is 5.56 Å². The number of nitrogens with one attached hydrogen (secondary N) is 1. The average molecular weight is 290 g/mol. The van der Waals surface area contributed by atoms with Gasteiger partial charge >= 0.3 is 0 Å². The van der Waals surface area contributed by atoms with E-state index in [9.17, 15) is 4.79 Å². The van der Waals surface area contributed by atoms with E-state index in [4.69, 9.17) is 16.3 Å². The van der Waals surface area contributed by atoms with Gasteiger partial charge in [0, 0.05) is 5.02 Å². The summed E-state index contributed by atoms with van der Waals surface area (Å²) in [6.07, 6.45) is 0. The van der Waals surface area contributed by atoms with Crippen molar-refractivity contribution in [2.45, 2.75) is 13.0 Å². The van der Waals surface area contributed by atoms with E-state index in [-0.39, 0.29) is 18.6 Å². The van der Waals surface area contributed by atoms with Gasteiger partial charge in [0.2, 0.25) is 0 Å². The van der Waals surface area contributed by atoms with Crippen molar-refractivity contribution < 1.29 is 9.53 Å². The largest absolute Gasteiger partial charge is 0.484 e. The molecule has 4 heteroatoms.